The number of benzene rings is 1. The van der Waals surface area contributed by atoms with Crippen molar-refractivity contribution in [2.45, 2.75) is 18.9 Å². The highest BCUT2D eigenvalue weighted by Gasteiger charge is 2.14. The molecule has 0 saturated heterocycles. The quantitative estimate of drug-likeness (QED) is 0.819. The lowest BCUT2D eigenvalue weighted by Crippen LogP contribution is -2.15. The summed E-state index contributed by atoms with van der Waals surface area (Å²) in [5.41, 5.74) is 0.727. The number of aliphatic hydroxyl groups excluding tert-OH is 1. The molecule has 0 saturated carbocycles. The number of hydrogen-bond donors (Lipinski definition) is 2. The van der Waals surface area contributed by atoms with Crippen LogP contribution in [0.1, 0.15) is 23.1 Å². The topological polar surface area (TPSA) is 75.1 Å². The van der Waals surface area contributed by atoms with Crippen LogP contribution in [0, 0.1) is 0 Å². The first-order chi connectivity index (χ1) is 10.2. The van der Waals surface area contributed by atoms with E-state index in [2.05, 4.69) is 15.5 Å². The van der Waals surface area contributed by atoms with E-state index in [1.807, 2.05) is 24.5 Å². The maximum Gasteiger partial charge on any atom is 0.229 e. The Balaban J connectivity index is 1.85. The molecule has 1 unspecified atom stereocenters. The summed E-state index contributed by atoms with van der Waals surface area (Å²) in [6, 6.07) is 9.12. The molecule has 2 aromatic rings. The van der Waals surface area contributed by atoms with E-state index in [4.69, 9.17) is 0 Å². The summed E-state index contributed by atoms with van der Waals surface area (Å²) < 4.78 is 0. The average molecular weight is 323 g/mol. The maximum absolute atomic E-state index is 11.9. The van der Waals surface area contributed by atoms with E-state index in [1.165, 1.54) is 11.3 Å². The molecule has 5 nitrogen and oxygen atoms in total. The number of hydrogen-bond acceptors (Lipinski definition) is 6. The lowest BCUT2D eigenvalue weighted by atomic mass is 10.1. The van der Waals surface area contributed by atoms with Gasteiger partial charge in [0.15, 0.2) is 0 Å². The van der Waals surface area contributed by atoms with Crippen LogP contribution in [-0.2, 0) is 11.2 Å². The lowest BCUT2D eigenvalue weighted by Gasteiger charge is -2.09. The highest BCUT2D eigenvalue weighted by atomic mass is 32.2. The summed E-state index contributed by atoms with van der Waals surface area (Å²) in [6.07, 6.45) is 2.08. The van der Waals surface area contributed by atoms with E-state index < -0.39 is 6.10 Å². The molecule has 0 aliphatic carbocycles. The van der Waals surface area contributed by atoms with Gasteiger partial charge in [0.2, 0.25) is 11.0 Å². The number of rotatable bonds is 7. The van der Waals surface area contributed by atoms with Gasteiger partial charge in [-0.3, -0.25) is 4.79 Å². The third kappa shape index (κ3) is 5.11. The number of aryl methyl sites for hydroxylation is 1. The van der Waals surface area contributed by atoms with E-state index in [0.717, 1.165) is 22.7 Å². The van der Waals surface area contributed by atoms with Crippen LogP contribution < -0.4 is 5.32 Å². The third-order valence-electron chi connectivity index (χ3n) is 2.80. The van der Waals surface area contributed by atoms with Gasteiger partial charge in [0, 0.05) is 6.42 Å². The number of thioether (sulfide) groups is 1. The van der Waals surface area contributed by atoms with E-state index in [-0.39, 0.29) is 12.3 Å². The first-order valence-electron chi connectivity index (χ1n) is 6.53. The van der Waals surface area contributed by atoms with Crippen LogP contribution in [0.2, 0.25) is 0 Å². The molecule has 0 radical (unpaired) electrons. The summed E-state index contributed by atoms with van der Waals surface area (Å²) in [5.74, 6) is 0.717. The van der Waals surface area contributed by atoms with Gasteiger partial charge in [-0.1, -0.05) is 41.7 Å². The van der Waals surface area contributed by atoms with Gasteiger partial charge in [0.1, 0.15) is 5.01 Å². The Kier molecular flexibility index (Phi) is 6.16. The molecule has 0 fully saturated rings. The summed E-state index contributed by atoms with van der Waals surface area (Å²) in [6.45, 7) is 0. The maximum atomic E-state index is 11.9. The van der Waals surface area contributed by atoms with Gasteiger partial charge in [-0.15, -0.1) is 10.2 Å². The molecule has 2 rings (SSSR count). The minimum atomic E-state index is -0.810. The van der Waals surface area contributed by atoms with Crippen LogP contribution in [-0.4, -0.2) is 33.2 Å². The van der Waals surface area contributed by atoms with E-state index >= 15 is 0 Å². The minimum Gasteiger partial charge on any atom is -0.388 e. The van der Waals surface area contributed by atoms with Crippen molar-refractivity contribution in [1.82, 2.24) is 10.2 Å². The fourth-order valence-electron chi connectivity index (χ4n) is 1.73. The lowest BCUT2D eigenvalue weighted by molar-refractivity contribution is -0.118. The fraction of sp³-hybridized carbons (Fsp3) is 0.357. The first kappa shape index (κ1) is 15.9. The molecule has 1 aromatic carbocycles. The number of carbonyl (C=O) groups excluding carboxylic acids is 1. The van der Waals surface area contributed by atoms with Gasteiger partial charge in [-0.05, 0) is 17.6 Å². The number of anilines is 1. The zero-order valence-electron chi connectivity index (χ0n) is 11.7. The molecule has 1 amide bonds. The van der Waals surface area contributed by atoms with Crippen molar-refractivity contribution < 1.29 is 9.90 Å². The van der Waals surface area contributed by atoms with Gasteiger partial charge < -0.3 is 10.4 Å². The SMILES string of the molecule is CSCCc1nnc(NC(=O)CC(O)c2ccccc2)s1. The van der Waals surface area contributed by atoms with Gasteiger partial charge in [0.25, 0.3) is 0 Å². The van der Waals surface area contributed by atoms with E-state index in [1.54, 1.807) is 23.9 Å². The number of aliphatic hydroxyl groups is 1. The van der Waals surface area contributed by atoms with Crippen LogP contribution in [0.25, 0.3) is 0 Å². The van der Waals surface area contributed by atoms with Gasteiger partial charge in [-0.2, -0.15) is 11.8 Å². The van der Waals surface area contributed by atoms with Gasteiger partial charge in [0.05, 0.1) is 12.5 Å². The number of nitrogens with one attached hydrogen (secondary N) is 1. The molecule has 0 spiro atoms. The molecule has 21 heavy (non-hydrogen) atoms. The van der Waals surface area contributed by atoms with Crippen molar-refractivity contribution in [1.29, 1.82) is 0 Å². The second-order valence-electron chi connectivity index (χ2n) is 4.42. The second-order valence-corrected chi connectivity index (χ2v) is 6.47. The molecule has 112 valence electrons. The number of aromatic nitrogens is 2. The van der Waals surface area contributed by atoms with Crippen LogP contribution in [0.5, 0.6) is 0 Å². The molecule has 1 heterocycles. The van der Waals surface area contributed by atoms with E-state index in [9.17, 15) is 9.90 Å². The zero-order valence-corrected chi connectivity index (χ0v) is 13.3. The zero-order chi connectivity index (χ0) is 15.1. The standard InChI is InChI=1S/C14H17N3O2S2/c1-20-8-7-13-16-17-14(21-13)15-12(19)9-11(18)10-5-3-2-4-6-10/h2-6,11,18H,7-9H2,1H3,(H,15,17,19). The molecule has 0 aliphatic rings. The normalized spacial score (nSPS) is 12.1. The highest BCUT2D eigenvalue weighted by Crippen LogP contribution is 2.20. The summed E-state index contributed by atoms with van der Waals surface area (Å²) in [4.78, 5) is 11.9. The Bertz CT molecular complexity index is 575. The summed E-state index contributed by atoms with van der Waals surface area (Å²) >= 11 is 3.12. The Labute approximate surface area is 131 Å². The third-order valence-corrected chi connectivity index (χ3v) is 4.31. The Morgan fingerprint density at radius 2 is 2.14 bits per heavy atom. The fourth-order valence-corrected chi connectivity index (χ4v) is 3.02. The summed E-state index contributed by atoms with van der Waals surface area (Å²) in [5, 5.41) is 22.0. The van der Waals surface area contributed by atoms with Crippen LogP contribution in [0.3, 0.4) is 0 Å². The molecule has 1 aromatic heterocycles. The number of amides is 1. The summed E-state index contributed by atoms with van der Waals surface area (Å²) in [7, 11) is 0. The van der Waals surface area contributed by atoms with Crippen LogP contribution >= 0.6 is 23.1 Å². The number of nitrogens with zero attached hydrogens (tertiary/aromatic N) is 2. The van der Waals surface area contributed by atoms with Gasteiger partial charge >= 0.3 is 0 Å². The monoisotopic (exact) mass is 323 g/mol. The van der Waals surface area contributed by atoms with Crippen LogP contribution in [0.4, 0.5) is 5.13 Å². The van der Waals surface area contributed by atoms with Gasteiger partial charge in [-0.25, -0.2) is 0 Å². The molecule has 1 atom stereocenters. The van der Waals surface area contributed by atoms with E-state index in [0.29, 0.717) is 5.13 Å². The van der Waals surface area contributed by atoms with Crippen molar-refractivity contribution in [2.75, 3.05) is 17.3 Å². The molecular formula is C14H17N3O2S2. The second kappa shape index (κ2) is 8.11. The molecular weight excluding hydrogens is 306 g/mol. The Morgan fingerprint density at radius 3 is 2.86 bits per heavy atom. The first-order valence-corrected chi connectivity index (χ1v) is 8.74. The Hall–Kier alpha value is -1.44. The minimum absolute atomic E-state index is 0.00371. The van der Waals surface area contributed by atoms with Crippen LogP contribution in [0.15, 0.2) is 30.3 Å². The predicted molar refractivity (Wildman–Crippen MR) is 86.6 cm³/mol. The van der Waals surface area contributed by atoms with Crippen molar-refractivity contribution in [3.8, 4) is 0 Å². The van der Waals surface area contributed by atoms with Crippen molar-refractivity contribution in [3.63, 3.8) is 0 Å². The average Bonchev–Trinajstić information content (AvgIpc) is 2.93. The van der Waals surface area contributed by atoms with Crippen molar-refractivity contribution >= 4 is 34.1 Å². The highest BCUT2D eigenvalue weighted by molar-refractivity contribution is 7.98. The number of carbonyl (C=O) groups is 1. The molecule has 0 bridgehead atoms. The largest absolute Gasteiger partial charge is 0.388 e. The predicted octanol–water partition coefficient (Wildman–Crippen LogP) is 2.51. The van der Waals surface area contributed by atoms with Crippen molar-refractivity contribution in [2.24, 2.45) is 0 Å². The van der Waals surface area contributed by atoms with Crippen molar-refractivity contribution in [3.05, 3.63) is 40.9 Å². The smallest absolute Gasteiger partial charge is 0.229 e. The molecule has 2 N–H and O–H groups in total. The molecule has 7 heteroatoms. The Morgan fingerprint density at radius 1 is 1.38 bits per heavy atom. The molecule has 0 aliphatic heterocycles.